The molecule has 0 aliphatic heterocycles. The molecule has 32 heavy (non-hydrogen) atoms. The topological polar surface area (TPSA) is 92.8 Å². The molecular weight excluding hydrogens is 435 g/mol. The first kappa shape index (κ1) is 23.0. The van der Waals surface area contributed by atoms with Crippen molar-refractivity contribution < 1.29 is 27.1 Å². The Morgan fingerprint density at radius 1 is 0.969 bits per heavy atom. The number of rotatable bonds is 8. The molecule has 3 aromatic rings. The van der Waals surface area contributed by atoms with Gasteiger partial charge in [0.1, 0.15) is 12.4 Å². The third kappa shape index (κ3) is 5.30. The molecule has 0 unspecified atom stereocenters. The fraction of sp³-hybridized carbons (Fsp3) is 0.130. The van der Waals surface area contributed by atoms with Gasteiger partial charge in [0.2, 0.25) is 5.91 Å². The van der Waals surface area contributed by atoms with Crippen molar-refractivity contribution in [2.45, 2.75) is 11.8 Å². The van der Waals surface area contributed by atoms with E-state index in [0.717, 1.165) is 6.07 Å². The molecule has 0 bridgehead atoms. The number of ether oxygens (including phenoxy) is 1. The molecule has 0 aliphatic carbocycles. The molecule has 0 fully saturated rings. The van der Waals surface area contributed by atoms with E-state index < -0.39 is 34.3 Å². The number of nitrogens with one attached hydrogen (secondary N) is 1. The lowest BCUT2D eigenvalue weighted by atomic mass is 10.2. The summed E-state index contributed by atoms with van der Waals surface area (Å²) in [6, 6.07) is 18.8. The first-order chi connectivity index (χ1) is 15.3. The van der Waals surface area contributed by atoms with Crippen LogP contribution in [0.2, 0.25) is 0 Å². The van der Waals surface area contributed by atoms with Gasteiger partial charge in [0.25, 0.3) is 10.0 Å². The summed E-state index contributed by atoms with van der Waals surface area (Å²) in [7, 11) is -4.23. The number of carbonyl (C=O) groups excluding carboxylic acids is 2. The molecule has 7 nitrogen and oxygen atoms in total. The largest absolute Gasteiger partial charge is 0.462 e. The smallest absolute Gasteiger partial charge is 0.338 e. The van der Waals surface area contributed by atoms with E-state index in [1.165, 1.54) is 54.6 Å². The van der Waals surface area contributed by atoms with E-state index in [-0.39, 0.29) is 28.4 Å². The van der Waals surface area contributed by atoms with Crippen LogP contribution in [0, 0.1) is 5.82 Å². The van der Waals surface area contributed by atoms with Crippen molar-refractivity contribution in [1.29, 1.82) is 0 Å². The van der Waals surface area contributed by atoms with Crippen LogP contribution in [0.25, 0.3) is 0 Å². The van der Waals surface area contributed by atoms with Gasteiger partial charge in [-0.1, -0.05) is 36.4 Å². The number of carbonyl (C=O) groups is 2. The van der Waals surface area contributed by atoms with Crippen LogP contribution in [0.5, 0.6) is 0 Å². The highest BCUT2D eigenvalue weighted by atomic mass is 32.2. The maximum atomic E-state index is 14.5. The van der Waals surface area contributed by atoms with Crippen molar-refractivity contribution in [2.75, 3.05) is 22.8 Å². The summed E-state index contributed by atoms with van der Waals surface area (Å²) in [5.41, 5.74) is 0.241. The minimum atomic E-state index is -4.23. The Morgan fingerprint density at radius 2 is 1.66 bits per heavy atom. The molecule has 166 valence electrons. The molecule has 0 aromatic heterocycles. The molecule has 0 aliphatic rings. The van der Waals surface area contributed by atoms with E-state index in [1.54, 1.807) is 25.1 Å². The Balaban J connectivity index is 1.89. The summed E-state index contributed by atoms with van der Waals surface area (Å²) >= 11 is 0. The van der Waals surface area contributed by atoms with Crippen LogP contribution in [0.1, 0.15) is 17.3 Å². The number of sulfonamides is 1. The van der Waals surface area contributed by atoms with Crippen LogP contribution in [0.15, 0.2) is 83.8 Å². The second-order valence-corrected chi connectivity index (χ2v) is 8.49. The highest BCUT2D eigenvalue weighted by Crippen LogP contribution is 2.26. The summed E-state index contributed by atoms with van der Waals surface area (Å²) in [6.45, 7) is 1.19. The van der Waals surface area contributed by atoms with Gasteiger partial charge in [0.05, 0.1) is 22.8 Å². The van der Waals surface area contributed by atoms with Gasteiger partial charge in [-0.15, -0.1) is 0 Å². The van der Waals surface area contributed by atoms with E-state index in [0.29, 0.717) is 4.31 Å². The van der Waals surface area contributed by atoms with Gasteiger partial charge in [0, 0.05) is 5.69 Å². The first-order valence-corrected chi connectivity index (χ1v) is 11.2. The molecule has 0 radical (unpaired) electrons. The highest BCUT2D eigenvalue weighted by Gasteiger charge is 2.29. The van der Waals surface area contributed by atoms with Crippen molar-refractivity contribution in [3.05, 3.63) is 90.2 Å². The number of para-hydroxylation sites is 1. The van der Waals surface area contributed by atoms with Crippen LogP contribution >= 0.6 is 0 Å². The lowest BCUT2D eigenvalue weighted by molar-refractivity contribution is -0.114. The van der Waals surface area contributed by atoms with Crippen molar-refractivity contribution in [3.63, 3.8) is 0 Å². The number of hydrogen-bond donors (Lipinski definition) is 1. The fourth-order valence-corrected chi connectivity index (χ4v) is 4.39. The molecule has 0 saturated heterocycles. The molecule has 9 heteroatoms. The minimum absolute atomic E-state index is 0.0830. The average molecular weight is 456 g/mol. The van der Waals surface area contributed by atoms with E-state index in [1.807, 2.05) is 0 Å². The van der Waals surface area contributed by atoms with E-state index in [2.05, 4.69) is 5.32 Å². The van der Waals surface area contributed by atoms with Gasteiger partial charge < -0.3 is 10.1 Å². The molecule has 3 aromatic carbocycles. The predicted molar refractivity (Wildman–Crippen MR) is 118 cm³/mol. The molecular formula is C23H21FN2O5S. The predicted octanol–water partition coefficient (Wildman–Crippen LogP) is 3.84. The second-order valence-electron chi connectivity index (χ2n) is 6.63. The lowest BCUT2D eigenvalue weighted by Gasteiger charge is -2.24. The van der Waals surface area contributed by atoms with Crippen molar-refractivity contribution in [3.8, 4) is 0 Å². The highest BCUT2D eigenvalue weighted by molar-refractivity contribution is 7.92. The van der Waals surface area contributed by atoms with Crippen LogP contribution in [-0.4, -0.2) is 33.4 Å². The molecule has 0 spiro atoms. The van der Waals surface area contributed by atoms with E-state index in [4.69, 9.17) is 4.74 Å². The van der Waals surface area contributed by atoms with Gasteiger partial charge in [-0.05, 0) is 49.4 Å². The van der Waals surface area contributed by atoms with Crippen LogP contribution in [-0.2, 0) is 19.6 Å². The summed E-state index contributed by atoms with van der Waals surface area (Å²) in [5.74, 6) is -2.05. The SMILES string of the molecule is CCOC(=O)c1cccc(NC(=O)CN(c2ccccc2F)S(=O)(=O)c2ccccc2)c1. The quantitative estimate of drug-likeness (QED) is 0.520. The fourth-order valence-electron chi connectivity index (χ4n) is 2.94. The van der Waals surface area contributed by atoms with Crippen molar-refractivity contribution in [2.24, 2.45) is 0 Å². The molecule has 1 amide bonds. The maximum Gasteiger partial charge on any atom is 0.338 e. The number of esters is 1. The number of hydrogen-bond acceptors (Lipinski definition) is 5. The Labute approximate surface area is 185 Å². The molecule has 0 saturated carbocycles. The molecule has 0 atom stereocenters. The number of benzene rings is 3. The van der Waals surface area contributed by atoms with Gasteiger partial charge in [-0.25, -0.2) is 17.6 Å². The minimum Gasteiger partial charge on any atom is -0.462 e. The number of nitrogens with zero attached hydrogens (tertiary/aromatic N) is 1. The molecule has 1 N–H and O–H groups in total. The third-order valence-electron chi connectivity index (χ3n) is 4.40. The molecule has 0 heterocycles. The Morgan fingerprint density at radius 3 is 2.34 bits per heavy atom. The Hall–Kier alpha value is -3.72. The maximum absolute atomic E-state index is 14.5. The van der Waals surface area contributed by atoms with Crippen LogP contribution < -0.4 is 9.62 Å². The van der Waals surface area contributed by atoms with Crippen LogP contribution in [0.4, 0.5) is 15.8 Å². The summed E-state index contributed by atoms with van der Waals surface area (Å²) in [4.78, 5) is 24.6. The van der Waals surface area contributed by atoms with Crippen LogP contribution in [0.3, 0.4) is 0 Å². The second kappa shape index (κ2) is 10.1. The standard InChI is InChI=1S/C23H21FN2O5S/c1-2-31-23(28)17-9-8-10-18(15-17)25-22(27)16-26(21-14-7-6-13-20(21)24)32(29,30)19-11-4-3-5-12-19/h3-15H,2,16H2,1H3,(H,25,27). The zero-order chi connectivity index (χ0) is 23.1. The summed E-state index contributed by atoms with van der Waals surface area (Å²) in [6.07, 6.45) is 0. The van der Waals surface area contributed by atoms with E-state index >= 15 is 0 Å². The normalized spacial score (nSPS) is 10.9. The average Bonchev–Trinajstić information content (AvgIpc) is 2.79. The van der Waals surface area contributed by atoms with Gasteiger partial charge in [-0.3, -0.25) is 9.10 Å². The Kier molecular flexibility index (Phi) is 7.21. The number of anilines is 2. The number of halogens is 1. The van der Waals surface area contributed by atoms with Gasteiger partial charge >= 0.3 is 5.97 Å². The monoisotopic (exact) mass is 456 g/mol. The summed E-state index contributed by atoms with van der Waals surface area (Å²) in [5, 5.41) is 2.55. The zero-order valence-corrected chi connectivity index (χ0v) is 18.0. The van der Waals surface area contributed by atoms with Gasteiger partial charge in [-0.2, -0.15) is 0 Å². The first-order valence-electron chi connectivity index (χ1n) is 9.72. The van der Waals surface area contributed by atoms with Gasteiger partial charge in [0.15, 0.2) is 0 Å². The van der Waals surface area contributed by atoms with Crippen molar-refractivity contribution >= 4 is 33.3 Å². The lowest BCUT2D eigenvalue weighted by Crippen LogP contribution is -2.38. The molecule has 3 rings (SSSR count). The van der Waals surface area contributed by atoms with Crippen molar-refractivity contribution in [1.82, 2.24) is 0 Å². The summed E-state index contributed by atoms with van der Waals surface area (Å²) < 4.78 is 46.5. The zero-order valence-electron chi connectivity index (χ0n) is 17.2. The van der Waals surface area contributed by atoms with E-state index in [9.17, 15) is 22.4 Å². The number of amides is 1. The Bertz CT molecular complexity index is 1220. The third-order valence-corrected chi connectivity index (χ3v) is 6.17.